The molecular formula is C42H48O7S6. The van der Waals surface area contributed by atoms with E-state index in [4.69, 9.17) is 28.4 Å². The molecule has 55 heavy (non-hydrogen) atoms. The Kier molecular flexibility index (Phi) is 17.6. The number of thiophene rings is 6. The van der Waals surface area contributed by atoms with Gasteiger partial charge in [-0.05, 0) is 85.6 Å². The van der Waals surface area contributed by atoms with E-state index in [2.05, 4.69) is 67.6 Å². The lowest BCUT2D eigenvalue weighted by molar-refractivity contribution is -0.0128. The molecule has 294 valence electrons. The minimum atomic E-state index is -0.331. The molecule has 6 rings (SSSR count). The van der Waals surface area contributed by atoms with Crippen molar-refractivity contribution in [1.82, 2.24) is 0 Å². The van der Waals surface area contributed by atoms with Gasteiger partial charge < -0.3 is 28.4 Å². The van der Waals surface area contributed by atoms with E-state index in [9.17, 15) is 4.79 Å². The molecule has 7 nitrogen and oxygen atoms in total. The second-order valence-corrected chi connectivity index (χ2v) is 19.1. The van der Waals surface area contributed by atoms with Gasteiger partial charge in [-0.15, -0.1) is 68.0 Å². The summed E-state index contributed by atoms with van der Waals surface area (Å²) >= 11 is 10.7. The Morgan fingerprint density at radius 1 is 0.436 bits per heavy atom. The van der Waals surface area contributed by atoms with Crippen molar-refractivity contribution in [2.24, 2.45) is 0 Å². The van der Waals surface area contributed by atoms with Crippen LogP contribution in [0, 0.1) is 0 Å². The third kappa shape index (κ3) is 13.0. The largest absolute Gasteiger partial charge is 0.459 e. The molecule has 0 aliphatic heterocycles. The highest BCUT2D eigenvalue weighted by Gasteiger charge is 2.16. The number of methoxy groups -OCH3 is 1. The maximum Gasteiger partial charge on any atom is 0.348 e. The van der Waals surface area contributed by atoms with Crippen LogP contribution < -0.4 is 0 Å². The minimum Gasteiger partial charge on any atom is -0.459 e. The lowest BCUT2D eigenvalue weighted by atomic mass is 10.1. The molecule has 6 aromatic rings. The van der Waals surface area contributed by atoms with Gasteiger partial charge in [-0.3, -0.25) is 0 Å². The monoisotopic (exact) mass is 856 g/mol. The zero-order valence-electron chi connectivity index (χ0n) is 31.3. The Morgan fingerprint density at radius 3 is 1.27 bits per heavy atom. The summed E-state index contributed by atoms with van der Waals surface area (Å²) in [4.78, 5) is 27.4. The standard InChI is InChI=1S/C42H48O7S6/c1-3-4-5-6-7-30-8-9-31(50-30)32-10-11-33(51-32)34-12-13-35(52-34)36-14-15-37(53-36)38-16-17-39(54-38)40-18-19-41(55-40)42(43)49-29-28-48-27-26-47-25-24-46-23-22-45-21-20-44-2/h8-19H,3-7,20-29H2,1-2H3. The lowest BCUT2D eigenvalue weighted by Gasteiger charge is -2.07. The van der Waals surface area contributed by atoms with E-state index < -0.39 is 0 Å². The zero-order chi connectivity index (χ0) is 38.1. The highest BCUT2D eigenvalue weighted by molar-refractivity contribution is 7.30. The third-order valence-electron chi connectivity index (χ3n) is 8.39. The van der Waals surface area contributed by atoms with Gasteiger partial charge in [-0.2, -0.15) is 0 Å². The summed E-state index contributed by atoms with van der Waals surface area (Å²) in [5.74, 6) is -0.331. The van der Waals surface area contributed by atoms with E-state index in [0.717, 1.165) is 9.75 Å². The smallest absolute Gasteiger partial charge is 0.348 e. The topological polar surface area (TPSA) is 72.5 Å². The number of aryl methyl sites for hydroxylation is 1. The van der Waals surface area contributed by atoms with Crippen LogP contribution in [0.5, 0.6) is 0 Å². The van der Waals surface area contributed by atoms with Crippen molar-refractivity contribution in [2.45, 2.75) is 39.0 Å². The van der Waals surface area contributed by atoms with Crippen molar-refractivity contribution < 1.29 is 33.2 Å². The van der Waals surface area contributed by atoms with Gasteiger partial charge in [0.2, 0.25) is 0 Å². The number of hydrogen-bond donors (Lipinski definition) is 0. The van der Waals surface area contributed by atoms with Crippen LogP contribution in [0.4, 0.5) is 0 Å². The molecule has 6 aromatic heterocycles. The van der Waals surface area contributed by atoms with E-state index in [1.54, 1.807) is 18.4 Å². The summed E-state index contributed by atoms with van der Waals surface area (Å²) in [6.45, 7) is 6.85. The number of ether oxygens (including phenoxy) is 6. The van der Waals surface area contributed by atoms with Gasteiger partial charge in [-0.25, -0.2) is 4.79 Å². The van der Waals surface area contributed by atoms with Crippen LogP contribution in [0.2, 0.25) is 0 Å². The van der Waals surface area contributed by atoms with Gasteiger partial charge in [-0.1, -0.05) is 26.2 Å². The minimum absolute atomic E-state index is 0.192. The number of hydrogen-bond acceptors (Lipinski definition) is 13. The van der Waals surface area contributed by atoms with Crippen molar-refractivity contribution >= 4 is 74.0 Å². The highest BCUT2D eigenvalue weighted by Crippen LogP contribution is 2.46. The first-order valence-corrected chi connectivity index (χ1v) is 23.6. The van der Waals surface area contributed by atoms with Crippen molar-refractivity contribution in [1.29, 1.82) is 0 Å². The molecule has 0 saturated heterocycles. The van der Waals surface area contributed by atoms with E-state index >= 15 is 0 Å². The predicted octanol–water partition coefficient (Wildman–Crippen LogP) is 12.4. The molecular weight excluding hydrogens is 809 g/mol. The summed E-state index contributed by atoms with van der Waals surface area (Å²) < 4.78 is 32.2. The number of esters is 1. The number of carbonyl (C=O) groups is 1. The Hall–Kier alpha value is -2.53. The second-order valence-electron chi connectivity index (χ2n) is 12.5. The SMILES string of the molecule is CCCCCCc1ccc(-c2ccc(-c3ccc(-c4ccc(-c5ccc(-c6ccc(C(=O)OCCOCCOCCOCCOCCOC)s6)s5)s4)s3)s2)s1. The van der Waals surface area contributed by atoms with Crippen molar-refractivity contribution in [3.63, 3.8) is 0 Å². The fraction of sp³-hybridized carbons (Fsp3) is 0.405. The highest BCUT2D eigenvalue weighted by atomic mass is 32.1. The molecule has 0 unspecified atom stereocenters. The van der Waals surface area contributed by atoms with Gasteiger partial charge in [0.15, 0.2) is 0 Å². The Bertz CT molecular complexity index is 1990. The number of unbranched alkanes of at least 4 members (excludes halogenated alkanes) is 3. The molecule has 0 aliphatic carbocycles. The van der Waals surface area contributed by atoms with Crippen LogP contribution >= 0.6 is 68.0 Å². The first-order valence-electron chi connectivity index (χ1n) is 18.7. The van der Waals surface area contributed by atoms with Crippen LogP contribution in [0.3, 0.4) is 0 Å². The Balaban J connectivity index is 0.910. The normalized spacial score (nSPS) is 11.5. The fourth-order valence-electron chi connectivity index (χ4n) is 5.53. The van der Waals surface area contributed by atoms with Crippen LogP contribution in [-0.2, 0) is 34.8 Å². The number of carbonyl (C=O) groups excluding carboxylic acids is 1. The maximum atomic E-state index is 12.7. The predicted molar refractivity (Wildman–Crippen MR) is 234 cm³/mol. The van der Waals surface area contributed by atoms with Crippen LogP contribution in [0.15, 0.2) is 72.8 Å². The second kappa shape index (κ2) is 23.0. The molecule has 0 N–H and O–H groups in total. The first-order chi connectivity index (χ1) is 27.1. The molecule has 0 fully saturated rings. The summed E-state index contributed by atoms with van der Waals surface area (Å²) in [6.07, 6.45) is 6.42. The van der Waals surface area contributed by atoms with E-state index in [1.165, 1.54) is 87.3 Å². The Labute approximate surface area is 348 Å². The van der Waals surface area contributed by atoms with Crippen molar-refractivity contribution in [3.8, 4) is 48.8 Å². The first kappa shape index (κ1) is 42.1. The van der Waals surface area contributed by atoms with Crippen LogP contribution in [-0.4, -0.2) is 79.1 Å². The van der Waals surface area contributed by atoms with Crippen LogP contribution in [0.25, 0.3) is 48.8 Å². The van der Waals surface area contributed by atoms with Gasteiger partial charge >= 0.3 is 5.97 Å². The lowest BCUT2D eigenvalue weighted by Crippen LogP contribution is -2.14. The molecule has 0 spiro atoms. The third-order valence-corrected chi connectivity index (χ3v) is 15.9. The summed E-state index contributed by atoms with van der Waals surface area (Å²) in [6, 6.07) is 26.3. The molecule has 0 atom stereocenters. The average molecular weight is 857 g/mol. The van der Waals surface area contributed by atoms with E-state index in [1.807, 2.05) is 57.5 Å². The van der Waals surface area contributed by atoms with Gasteiger partial charge in [0, 0.05) is 60.8 Å². The zero-order valence-corrected chi connectivity index (χ0v) is 36.2. The van der Waals surface area contributed by atoms with Crippen LogP contribution in [0.1, 0.15) is 47.2 Å². The maximum absolute atomic E-state index is 12.7. The number of rotatable bonds is 26. The molecule has 0 radical (unpaired) electrons. The molecule has 13 heteroatoms. The molecule has 0 amide bonds. The van der Waals surface area contributed by atoms with Crippen molar-refractivity contribution in [2.75, 3.05) is 73.2 Å². The van der Waals surface area contributed by atoms with E-state index in [0.29, 0.717) is 64.3 Å². The summed E-state index contributed by atoms with van der Waals surface area (Å²) in [5.41, 5.74) is 0. The molecule has 0 aliphatic rings. The quantitative estimate of drug-likeness (QED) is 0.0397. The molecule has 0 saturated carbocycles. The van der Waals surface area contributed by atoms with Gasteiger partial charge in [0.1, 0.15) is 11.5 Å². The summed E-state index contributed by atoms with van der Waals surface area (Å²) in [5, 5.41) is 0. The fourth-order valence-corrected chi connectivity index (χ4v) is 12.0. The van der Waals surface area contributed by atoms with Gasteiger partial charge in [0.25, 0.3) is 0 Å². The molecule has 6 heterocycles. The van der Waals surface area contributed by atoms with Gasteiger partial charge in [0.05, 0.1) is 59.5 Å². The molecule has 0 aromatic carbocycles. The molecule has 0 bridgehead atoms. The van der Waals surface area contributed by atoms with Crippen molar-refractivity contribution in [3.05, 3.63) is 82.6 Å². The summed E-state index contributed by atoms with van der Waals surface area (Å²) in [7, 11) is 1.65. The van der Waals surface area contributed by atoms with E-state index in [-0.39, 0.29) is 12.6 Å². The Morgan fingerprint density at radius 2 is 0.818 bits per heavy atom. The average Bonchev–Trinajstić information content (AvgIpc) is 4.04.